The van der Waals surface area contributed by atoms with Crippen LogP contribution in [0.25, 0.3) is 0 Å². The summed E-state index contributed by atoms with van der Waals surface area (Å²) in [7, 11) is 0. The van der Waals surface area contributed by atoms with Crippen molar-refractivity contribution in [1.29, 1.82) is 0 Å². The molecule has 0 radical (unpaired) electrons. The molecule has 9 nitrogen and oxygen atoms in total. The van der Waals surface area contributed by atoms with E-state index in [-0.39, 0.29) is 17.9 Å². The Labute approximate surface area is 211 Å². The number of carbonyl (C=O) groups is 4. The van der Waals surface area contributed by atoms with Crippen LogP contribution in [-0.4, -0.2) is 54.4 Å². The molecule has 1 aromatic rings. The number of esters is 4. The Bertz CT molecular complexity index is 888. The average Bonchev–Trinajstić information content (AvgIpc) is 3.59. The lowest BCUT2D eigenvalue weighted by molar-refractivity contribution is -0.173. The van der Waals surface area contributed by atoms with Crippen molar-refractivity contribution in [2.45, 2.75) is 44.6 Å². The molecule has 1 aromatic carbocycles. The molecule has 0 aliphatic heterocycles. The molecule has 2 rings (SSSR count). The smallest absolute Gasteiger partial charge is 0.313 e. The van der Waals surface area contributed by atoms with Crippen molar-refractivity contribution in [3.8, 4) is 0 Å². The molecule has 1 unspecified atom stereocenters. The molecule has 0 spiro atoms. The Balaban J connectivity index is 2.01. The van der Waals surface area contributed by atoms with Gasteiger partial charge >= 0.3 is 23.9 Å². The molecule has 1 fully saturated rings. The van der Waals surface area contributed by atoms with Crippen molar-refractivity contribution >= 4 is 47.2 Å². The van der Waals surface area contributed by atoms with E-state index in [2.05, 4.69) is 0 Å². The molecular weight excluding hydrogens is 507 g/mol. The summed E-state index contributed by atoms with van der Waals surface area (Å²) in [5.41, 5.74) is 0. The van der Waals surface area contributed by atoms with Gasteiger partial charge in [-0.3, -0.25) is 19.2 Å². The molecule has 0 heterocycles. The van der Waals surface area contributed by atoms with Crippen LogP contribution >= 0.6 is 23.4 Å². The van der Waals surface area contributed by atoms with Crippen molar-refractivity contribution in [3.63, 3.8) is 0 Å². The second-order valence-electron chi connectivity index (χ2n) is 7.89. The van der Waals surface area contributed by atoms with Crippen LogP contribution in [0, 0.1) is 29.5 Å². The summed E-state index contributed by atoms with van der Waals surface area (Å²) in [4.78, 5) is 48.2. The molecular formula is C23H28ClFO9S. The Hall–Kier alpha value is -2.37. The highest BCUT2D eigenvalue weighted by molar-refractivity contribution is 7.99. The van der Waals surface area contributed by atoms with Crippen molar-refractivity contribution in [2.24, 2.45) is 23.7 Å². The van der Waals surface area contributed by atoms with Crippen LogP contribution in [0.2, 0.25) is 5.02 Å². The fraction of sp³-hybridized carbons (Fsp3) is 0.565. The third-order valence-corrected chi connectivity index (χ3v) is 6.99. The van der Waals surface area contributed by atoms with Gasteiger partial charge in [-0.25, -0.2) is 4.39 Å². The zero-order valence-electron chi connectivity index (χ0n) is 19.5. The maximum atomic E-state index is 13.4. The summed E-state index contributed by atoms with van der Waals surface area (Å²) in [6, 6.07) is 4.26. The first-order chi connectivity index (χ1) is 16.6. The largest absolute Gasteiger partial charge is 0.428 e. The minimum absolute atomic E-state index is 0.0245. The van der Waals surface area contributed by atoms with Crippen LogP contribution in [-0.2, 0) is 38.1 Å². The van der Waals surface area contributed by atoms with Gasteiger partial charge in [0.05, 0.1) is 23.0 Å². The van der Waals surface area contributed by atoms with Crippen molar-refractivity contribution in [2.75, 3.05) is 19.3 Å². The van der Waals surface area contributed by atoms with Crippen LogP contribution < -0.4 is 0 Å². The summed E-state index contributed by atoms with van der Waals surface area (Å²) < 4.78 is 32.7. The molecule has 0 saturated heterocycles. The first-order valence-electron chi connectivity index (χ1n) is 11.0. The van der Waals surface area contributed by atoms with E-state index in [1.807, 2.05) is 0 Å². The lowest BCUT2D eigenvalue weighted by atomic mass is 10.0. The zero-order valence-corrected chi connectivity index (χ0v) is 21.1. The lowest BCUT2D eigenvalue weighted by Crippen LogP contribution is -2.25. The van der Waals surface area contributed by atoms with Crippen molar-refractivity contribution < 1.29 is 47.6 Å². The highest BCUT2D eigenvalue weighted by atomic mass is 35.5. The van der Waals surface area contributed by atoms with E-state index in [0.717, 1.165) is 0 Å². The van der Waals surface area contributed by atoms with Gasteiger partial charge in [-0.05, 0) is 24.1 Å². The van der Waals surface area contributed by atoms with Gasteiger partial charge in [0.25, 0.3) is 0 Å². The third-order valence-electron chi connectivity index (χ3n) is 5.42. The van der Waals surface area contributed by atoms with Crippen molar-refractivity contribution in [1.82, 2.24) is 0 Å². The summed E-state index contributed by atoms with van der Waals surface area (Å²) in [6.07, 6.45) is -0.894. The van der Waals surface area contributed by atoms with Gasteiger partial charge in [0.1, 0.15) is 5.82 Å². The summed E-state index contributed by atoms with van der Waals surface area (Å²) in [6.45, 7) is 3.66. The monoisotopic (exact) mass is 534 g/mol. The third kappa shape index (κ3) is 8.36. The second-order valence-corrected chi connectivity index (χ2v) is 9.39. The molecule has 1 aliphatic carbocycles. The first-order valence-corrected chi connectivity index (χ1v) is 12.4. The number of carbonyl (C=O) groups excluding carboxylic acids is 4. The van der Waals surface area contributed by atoms with Gasteiger partial charge < -0.3 is 24.1 Å². The molecule has 0 bridgehead atoms. The Morgan fingerprint density at radius 1 is 1.00 bits per heavy atom. The minimum Gasteiger partial charge on any atom is -0.428 e. The quantitative estimate of drug-likeness (QED) is 0.229. The maximum absolute atomic E-state index is 13.4. The predicted octanol–water partition coefficient (Wildman–Crippen LogP) is 3.34. The molecule has 1 N–H and O–H groups in total. The van der Waals surface area contributed by atoms with Crippen LogP contribution in [0.15, 0.2) is 23.1 Å². The topological polar surface area (TPSA) is 125 Å². The van der Waals surface area contributed by atoms with E-state index in [9.17, 15) is 28.7 Å². The molecule has 12 heteroatoms. The number of hydrogen-bond donors (Lipinski definition) is 1. The van der Waals surface area contributed by atoms with Gasteiger partial charge in [0.2, 0.25) is 13.6 Å². The fourth-order valence-electron chi connectivity index (χ4n) is 3.34. The number of hydrogen-bond acceptors (Lipinski definition) is 10. The molecule has 1 aliphatic rings. The highest BCUT2D eigenvalue weighted by Gasteiger charge is 2.64. The predicted molar refractivity (Wildman–Crippen MR) is 122 cm³/mol. The number of ether oxygens (including phenoxy) is 4. The molecule has 1 saturated carbocycles. The van der Waals surface area contributed by atoms with E-state index >= 15 is 0 Å². The Morgan fingerprint density at radius 3 is 1.97 bits per heavy atom. The number of aliphatic hydroxyl groups is 1. The maximum Gasteiger partial charge on any atom is 0.313 e. The van der Waals surface area contributed by atoms with Crippen LogP contribution in [0.4, 0.5) is 4.39 Å². The summed E-state index contributed by atoms with van der Waals surface area (Å²) >= 11 is 7.12. The number of aliphatic hydroxyl groups excluding tert-OH is 1. The first kappa shape index (κ1) is 28.9. The van der Waals surface area contributed by atoms with Gasteiger partial charge in [0, 0.05) is 29.4 Å². The van der Waals surface area contributed by atoms with E-state index in [0.29, 0.717) is 10.6 Å². The molecule has 0 aromatic heterocycles. The summed E-state index contributed by atoms with van der Waals surface area (Å²) in [5.74, 6) is -6.18. The fourth-order valence-corrected chi connectivity index (χ4v) is 4.61. The number of benzene rings is 1. The van der Waals surface area contributed by atoms with E-state index in [4.69, 9.17) is 30.5 Å². The van der Waals surface area contributed by atoms with Gasteiger partial charge in [-0.15, -0.1) is 11.8 Å². The number of halogens is 2. The molecule has 35 heavy (non-hydrogen) atoms. The standard InChI is InChI=1S/C23H28ClFO9S/c1-4-16(26)31-10-33-22(29)19-18(20(19)23(30)34-11-32-17(27)5-2)21(28)12(3)9-35-13-6-7-15(25)14(24)8-13/h6-8,12,18-21,28H,4-5,9-11H2,1-3H3/t12?,19-,20-,21+/m0/s1. The minimum atomic E-state index is -1.09. The average molecular weight is 535 g/mol. The Kier molecular flexibility index (Phi) is 11.3. The lowest BCUT2D eigenvalue weighted by Gasteiger charge is -2.19. The summed E-state index contributed by atoms with van der Waals surface area (Å²) in [5, 5.41) is 10.9. The van der Waals surface area contributed by atoms with E-state index < -0.39 is 73.1 Å². The van der Waals surface area contributed by atoms with Crippen molar-refractivity contribution in [3.05, 3.63) is 29.0 Å². The van der Waals surface area contributed by atoms with Crippen LogP contribution in [0.5, 0.6) is 0 Å². The number of rotatable bonds is 13. The SMILES string of the molecule is CCC(=O)OCOC(=O)[C@H]1C([C@H](O)C(C)CSc2ccc(F)c(Cl)c2)[C@@H]1C(=O)OCOC(=O)CC. The van der Waals surface area contributed by atoms with Gasteiger partial charge in [0.15, 0.2) is 0 Å². The van der Waals surface area contributed by atoms with Gasteiger partial charge in [-0.2, -0.15) is 0 Å². The van der Waals surface area contributed by atoms with Gasteiger partial charge in [-0.1, -0.05) is 32.4 Å². The Morgan fingerprint density at radius 2 is 1.51 bits per heavy atom. The zero-order chi connectivity index (χ0) is 26.1. The van der Waals surface area contributed by atoms with Crippen LogP contribution in [0.1, 0.15) is 33.6 Å². The molecule has 4 atom stereocenters. The van der Waals surface area contributed by atoms with E-state index in [1.54, 1.807) is 26.8 Å². The highest BCUT2D eigenvalue weighted by Crippen LogP contribution is 2.52. The molecule has 194 valence electrons. The molecule has 0 amide bonds. The van der Waals surface area contributed by atoms with E-state index in [1.165, 1.54) is 23.9 Å². The second kappa shape index (κ2) is 13.6. The number of thioether (sulfide) groups is 1. The van der Waals surface area contributed by atoms with Crippen LogP contribution in [0.3, 0.4) is 0 Å². The normalized spacial score (nSPS) is 20.3.